The van der Waals surface area contributed by atoms with Crippen LogP contribution in [0.5, 0.6) is 0 Å². The van der Waals surface area contributed by atoms with E-state index in [-0.39, 0.29) is 12.5 Å². The van der Waals surface area contributed by atoms with E-state index in [0.29, 0.717) is 12.8 Å². The predicted octanol–water partition coefficient (Wildman–Crippen LogP) is 0.579. The van der Waals surface area contributed by atoms with Gasteiger partial charge in [-0.15, -0.1) is 0 Å². The third-order valence-corrected chi connectivity index (χ3v) is 3.02. The average molecular weight is 228 g/mol. The number of carbonyl (C=O) groups is 2. The van der Waals surface area contributed by atoms with Crippen molar-refractivity contribution < 1.29 is 14.7 Å². The highest BCUT2D eigenvalue weighted by Gasteiger charge is 2.45. The van der Waals surface area contributed by atoms with Crippen LogP contribution in [0.1, 0.15) is 40.0 Å². The summed E-state index contributed by atoms with van der Waals surface area (Å²) in [4.78, 5) is 24.3. The zero-order chi connectivity index (χ0) is 12.6. The number of aliphatic carboxylic acids is 1. The minimum atomic E-state index is -1.01. The Hall–Kier alpha value is -1.10. The smallest absolute Gasteiger partial charge is 0.323 e. The molecule has 0 aromatic heterocycles. The fraction of sp³-hybridized carbons (Fsp3) is 0.818. The molecule has 0 saturated heterocycles. The summed E-state index contributed by atoms with van der Waals surface area (Å²) in [5, 5.41) is 8.82. The van der Waals surface area contributed by atoms with E-state index < -0.39 is 17.0 Å². The molecule has 1 saturated carbocycles. The van der Waals surface area contributed by atoms with Gasteiger partial charge >= 0.3 is 5.97 Å². The first-order chi connectivity index (χ1) is 7.17. The quantitative estimate of drug-likeness (QED) is 0.740. The Morgan fingerprint density at radius 2 is 1.88 bits per heavy atom. The minimum Gasteiger partial charge on any atom is -0.480 e. The first-order valence-electron chi connectivity index (χ1n) is 5.49. The van der Waals surface area contributed by atoms with Crippen molar-refractivity contribution in [2.75, 3.05) is 6.54 Å². The molecule has 1 aliphatic rings. The molecule has 3 N–H and O–H groups in total. The van der Waals surface area contributed by atoms with Crippen molar-refractivity contribution in [1.29, 1.82) is 0 Å². The lowest BCUT2D eigenvalue weighted by atomic mass is 9.76. The van der Waals surface area contributed by atoms with Crippen molar-refractivity contribution in [3.8, 4) is 0 Å². The van der Waals surface area contributed by atoms with Gasteiger partial charge in [0.05, 0.1) is 5.54 Å². The van der Waals surface area contributed by atoms with E-state index in [1.54, 1.807) is 0 Å². The van der Waals surface area contributed by atoms with E-state index >= 15 is 0 Å². The number of carboxylic acids is 1. The van der Waals surface area contributed by atoms with Gasteiger partial charge in [0, 0.05) is 5.54 Å². The van der Waals surface area contributed by atoms with Crippen LogP contribution >= 0.6 is 0 Å². The van der Waals surface area contributed by atoms with Gasteiger partial charge in [-0.25, -0.2) is 0 Å². The third kappa shape index (κ3) is 2.52. The lowest BCUT2D eigenvalue weighted by Crippen LogP contribution is -2.63. The molecule has 5 nitrogen and oxygen atoms in total. The molecule has 92 valence electrons. The maximum absolute atomic E-state index is 12.2. The molecule has 1 aliphatic carbocycles. The number of rotatable bonds is 3. The Morgan fingerprint density at radius 3 is 2.12 bits per heavy atom. The first kappa shape index (κ1) is 13.0. The molecule has 0 bridgehead atoms. The van der Waals surface area contributed by atoms with Crippen molar-refractivity contribution >= 4 is 11.9 Å². The fourth-order valence-corrected chi connectivity index (χ4v) is 1.79. The molecule has 0 aromatic rings. The van der Waals surface area contributed by atoms with Gasteiger partial charge in [-0.05, 0) is 40.0 Å². The molecule has 0 atom stereocenters. The van der Waals surface area contributed by atoms with Crippen LogP contribution in [0.4, 0.5) is 0 Å². The summed E-state index contributed by atoms with van der Waals surface area (Å²) in [6, 6.07) is 0. The third-order valence-electron chi connectivity index (χ3n) is 3.02. The summed E-state index contributed by atoms with van der Waals surface area (Å²) in [6.45, 7) is 5.16. The molecule has 5 heteroatoms. The Morgan fingerprint density at radius 1 is 1.38 bits per heavy atom. The van der Waals surface area contributed by atoms with Crippen molar-refractivity contribution in [1.82, 2.24) is 4.90 Å². The molecule has 0 aliphatic heterocycles. The van der Waals surface area contributed by atoms with Crippen LogP contribution < -0.4 is 5.73 Å². The largest absolute Gasteiger partial charge is 0.480 e. The van der Waals surface area contributed by atoms with Gasteiger partial charge in [0.25, 0.3) is 0 Å². The second kappa shape index (κ2) is 4.05. The van der Waals surface area contributed by atoms with E-state index in [1.807, 2.05) is 20.8 Å². The summed E-state index contributed by atoms with van der Waals surface area (Å²) in [7, 11) is 0. The van der Waals surface area contributed by atoms with Crippen LogP contribution in [0.3, 0.4) is 0 Å². The Bertz CT molecular complexity index is 303. The summed E-state index contributed by atoms with van der Waals surface area (Å²) >= 11 is 0. The monoisotopic (exact) mass is 228 g/mol. The standard InChI is InChI=1S/C11H20N2O3/c1-10(2,3)13(7-8(14)15)9(16)11(12)5-4-6-11/h4-7,12H2,1-3H3,(H,14,15). The van der Waals surface area contributed by atoms with Crippen LogP contribution in [-0.2, 0) is 9.59 Å². The van der Waals surface area contributed by atoms with E-state index in [0.717, 1.165) is 6.42 Å². The summed E-state index contributed by atoms with van der Waals surface area (Å²) < 4.78 is 0. The van der Waals surface area contributed by atoms with Crippen LogP contribution in [0.15, 0.2) is 0 Å². The molecule has 0 spiro atoms. The fourth-order valence-electron chi connectivity index (χ4n) is 1.79. The molecule has 1 rings (SSSR count). The highest BCUT2D eigenvalue weighted by molar-refractivity contribution is 5.90. The summed E-state index contributed by atoms with van der Waals surface area (Å²) in [5.74, 6) is -1.25. The van der Waals surface area contributed by atoms with Gasteiger partial charge in [-0.2, -0.15) is 0 Å². The van der Waals surface area contributed by atoms with Crippen molar-refractivity contribution in [2.45, 2.75) is 51.1 Å². The summed E-state index contributed by atoms with van der Waals surface area (Å²) in [6.07, 6.45) is 2.24. The molecule has 1 amide bonds. The van der Waals surface area contributed by atoms with Crippen molar-refractivity contribution in [3.63, 3.8) is 0 Å². The topological polar surface area (TPSA) is 83.6 Å². The van der Waals surface area contributed by atoms with Gasteiger partial charge in [0.15, 0.2) is 0 Å². The van der Waals surface area contributed by atoms with Crippen molar-refractivity contribution in [3.05, 3.63) is 0 Å². The van der Waals surface area contributed by atoms with Crippen LogP contribution in [0.2, 0.25) is 0 Å². The lowest BCUT2D eigenvalue weighted by Gasteiger charge is -2.44. The molecule has 0 unspecified atom stereocenters. The highest BCUT2D eigenvalue weighted by atomic mass is 16.4. The number of carboxylic acid groups (broad SMARTS) is 1. The lowest BCUT2D eigenvalue weighted by molar-refractivity contribution is -0.153. The number of nitrogens with two attached hydrogens (primary N) is 1. The number of nitrogens with zero attached hydrogens (tertiary/aromatic N) is 1. The second-order valence-electron chi connectivity index (χ2n) is 5.47. The first-order valence-corrected chi connectivity index (χ1v) is 5.49. The molecule has 0 radical (unpaired) electrons. The van der Waals surface area contributed by atoms with E-state index in [4.69, 9.17) is 10.8 Å². The zero-order valence-corrected chi connectivity index (χ0v) is 10.1. The molecular formula is C11H20N2O3. The van der Waals surface area contributed by atoms with E-state index in [9.17, 15) is 9.59 Å². The number of carbonyl (C=O) groups excluding carboxylic acids is 1. The number of hydrogen-bond donors (Lipinski definition) is 2. The SMILES string of the molecule is CC(C)(C)N(CC(=O)O)C(=O)C1(N)CCC1. The predicted molar refractivity (Wildman–Crippen MR) is 59.9 cm³/mol. The van der Waals surface area contributed by atoms with Gasteiger partial charge in [0.2, 0.25) is 5.91 Å². The Kier molecular flexibility index (Phi) is 3.28. The van der Waals surface area contributed by atoms with Gasteiger partial charge in [0.1, 0.15) is 6.54 Å². The molecule has 16 heavy (non-hydrogen) atoms. The zero-order valence-electron chi connectivity index (χ0n) is 10.1. The normalized spacial score (nSPS) is 18.8. The molecule has 0 aromatic carbocycles. The summed E-state index contributed by atoms with van der Waals surface area (Å²) in [5.41, 5.74) is 4.59. The van der Waals surface area contributed by atoms with Gasteiger partial charge < -0.3 is 15.7 Å². The molecule has 1 fully saturated rings. The highest BCUT2D eigenvalue weighted by Crippen LogP contribution is 2.32. The molecular weight excluding hydrogens is 208 g/mol. The second-order valence-corrected chi connectivity index (χ2v) is 5.47. The number of amides is 1. The maximum Gasteiger partial charge on any atom is 0.323 e. The molecule has 0 heterocycles. The van der Waals surface area contributed by atoms with Crippen LogP contribution in [0, 0.1) is 0 Å². The average Bonchev–Trinajstić information content (AvgIpc) is 2.07. The van der Waals surface area contributed by atoms with Crippen LogP contribution in [0.25, 0.3) is 0 Å². The Balaban J connectivity index is 2.84. The van der Waals surface area contributed by atoms with E-state index in [1.165, 1.54) is 4.90 Å². The van der Waals surface area contributed by atoms with Gasteiger partial charge in [-0.1, -0.05) is 0 Å². The van der Waals surface area contributed by atoms with Crippen molar-refractivity contribution in [2.24, 2.45) is 5.73 Å². The minimum absolute atomic E-state index is 0.242. The van der Waals surface area contributed by atoms with E-state index in [2.05, 4.69) is 0 Å². The van der Waals surface area contributed by atoms with Crippen LogP contribution in [-0.4, -0.2) is 39.5 Å². The number of hydrogen-bond acceptors (Lipinski definition) is 3. The Labute approximate surface area is 95.6 Å². The van der Waals surface area contributed by atoms with Gasteiger partial charge in [-0.3, -0.25) is 9.59 Å². The maximum atomic E-state index is 12.2.